The number of H-pyrrole nitrogens is 1. The molecule has 0 radical (unpaired) electrons. The Kier molecular flexibility index (Phi) is 1.69. The Morgan fingerprint density at radius 2 is 2.31 bits per heavy atom. The Labute approximate surface area is 75.2 Å². The van der Waals surface area contributed by atoms with Crippen LogP contribution in [0.25, 0.3) is 5.65 Å². The highest BCUT2D eigenvalue weighted by Crippen LogP contribution is 2.11. The SMILES string of the molecule is CC(C)c1cc(=O)[nH]c2ccnn12. The highest BCUT2D eigenvalue weighted by atomic mass is 16.1. The highest BCUT2D eigenvalue weighted by Gasteiger charge is 2.06. The van der Waals surface area contributed by atoms with Crippen LogP contribution < -0.4 is 5.56 Å². The first kappa shape index (κ1) is 8.04. The molecule has 0 unspecified atom stereocenters. The third-order valence-corrected chi connectivity index (χ3v) is 2.01. The van der Waals surface area contributed by atoms with Crippen LogP contribution in [0.1, 0.15) is 25.5 Å². The van der Waals surface area contributed by atoms with Crippen molar-refractivity contribution in [1.82, 2.24) is 14.6 Å². The van der Waals surface area contributed by atoms with Gasteiger partial charge in [-0.05, 0) is 5.92 Å². The maximum Gasteiger partial charge on any atom is 0.251 e. The van der Waals surface area contributed by atoms with E-state index >= 15 is 0 Å². The summed E-state index contributed by atoms with van der Waals surface area (Å²) in [6, 6.07) is 3.37. The second kappa shape index (κ2) is 2.73. The largest absolute Gasteiger partial charge is 0.307 e. The van der Waals surface area contributed by atoms with Gasteiger partial charge in [0, 0.05) is 12.1 Å². The zero-order valence-corrected chi connectivity index (χ0v) is 7.61. The van der Waals surface area contributed by atoms with E-state index in [-0.39, 0.29) is 5.56 Å². The van der Waals surface area contributed by atoms with Crippen LogP contribution in [0.3, 0.4) is 0 Å². The minimum atomic E-state index is -0.0725. The fourth-order valence-corrected chi connectivity index (χ4v) is 1.37. The molecule has 0 aliphatic heterocycles. The van der Waals surface area contributed by atoms with E-state index in [0.717, 1.165) is 11.3 Å². The quantitative estimate of drug-likeness (QED) is 0.710. The smallest absolute Gasteiger partial charge is 0.251 e. The molecule has 0 aliphatic carbocycles. The van der Waals surface area contributed by atoms with Gasteiger partial charge in [-0.3, -0.25) is 4.79 Å². The van der Waals surface area contributed by atoms with E-state index in [1.807, 2.05) is 13.8 Å². The van der Waals surface area contributed by atoms with Crippen LogP contribution in [-0.4, -0.2) is 14.6 Å². The van der Waals surface area contributed by atoms with Crippen LogP contribution in [0.15, 0.2) is 23.1 Å². The van der Waals surface area contributed by atoms with Gasteiger partial charge in [0.1, 0.15) is 5.65 Å². The summed E-state index contributed by atoms with van der Waals surface area (Å²) in [5.74, 6) is 0.296. The third-order valence-electron chi connectivity index (χ3n) is 2.01. The van der Waals surface area contributed by atoms with Crippen molar-refractivity contribution in [3.63, 3.8) is 0 Å². The summed E-state index contributed by atoms with van der Waals surface area (Å²) in [5.41, 5.74) is 1.61. The third kappa shape index (κ3) is 1.24. The van der Waals surface area contributed by atoms with E-state index in [9.17, 15) is 4.79 Å². The summed E-state index contributed by atoms with van der Waals surface area (Å²) in [7, 11) is 0. The number of fused-ring (bicyclic) bond motifs is 1. The lowest BCUT2D eigenvalue weighted by Crippen LogP contribution is -2.12. The Bertz CT molecular complexity index is 481. The fraction of sp³-hybridized carbons (Fsp3) is 0.333. The molecule has 0 aromatic carbocycles. The highest BCUT2D eigenvalue weighted by molar-refractivity contribution is 5.37. The van der Waals surface area contributed by atoms with Crippen molar-refractivity contribution >= 4 is 5.65 Å². The average Bonchev–Trinajstić information content (AvgIpc) is 2.49. The standard InChI is InChI=1S/C9H11N3O/c1-6(2)7-5-9(13)11-8-3-4-10-12(7)8/h3-6H,1-2H3,(H,11,13). The van der Waals surface area contributed by atoms with Crippen LogP contribution in [0.5, 0.6) is 0 Å². The number of nitrogens with zero attached hydrogens (tertiary/aromatic N) is 2. The number of aromatic amines is 1. The van der Waals surface area contributed by atoms with E-state index in [1.165, 1.54) is 0 Å². The minimum Gasteiger partial charge on any atom is -0.307 e. The number of nitrogens with one attached hydrogen (secondary N) is 1. The zero-order valence-electron chi connectivity index (χ0n) is 7.61. The molecule has 2 aromatic rings. The molecule has 13 heavy (non-hydrogen) atoms. The van der Waals surface area contributed by atoms with E-state index in [0.29, 0.717) is 5.92 Å². The first-order valence-corrected chi connectivity index (χ1v) is 4.25. The summed E-state index contributed by atoms with van der Waals surface area (Å²) in [4.78, 5) is 13.9. The van der Waals surface area contributed by atoms with Gasteiger partial charge in [0.05, 0.1) is 11.9 Å². The molecule has 0 aliphatic rings. The number of hydrogen-bond donors (Lipinski definition) is 1. The predicted octanol–water partition coefficient (Wildman–Crippen LogP) is 1.15. The molecule has 4 nitrogen and oxygen atoms in total. The summed E-state index contributed by atoms with van der Waals surface area (Å²) in [5, 5.41) is 4.13. The van der Waals surface area contributed by atoms with Gasteiger partial charge in [-0.2, -0.15) is 5.10 Å². The topological polar surface area (TPSA) is 50.2 Å². The van der Waals surface area contributed by atoms with Crippen LogP contribution in [0.2, 0.25) is 0 Å². The monoisotopic (exact) mass is 177 g/mol. The molecular weight excluding hydrogens is 166 g/mol. The van der Waals surface area contributed by atoms with Gasteiger partial charge in [-0.15, -0.1) is 0 Å². The average molecular weight is 177 g/mol. The van der Waals surface area contributed by atoms with E-state index in [1.54, 1.807) is 22.8 Å². The summed E-state index contributed by atoms with van der Waals surface area (Å²) < 4.78 is 1.76. The second-order valence-corrected chi connectivity index (χ2v) is 3.34. The molecule has 2 aromatic heterocycles. The Morgan fingerprint density at radius 3 is 3.00 bits per heavy atom. The van der Waals surface area contributed by atoms with Gasteiger partial charge in [-0.25, -0.2) is 4.52 Å². The molecule has 2 rings (SSSR count). The molecule has 0 fully saturated rings. The summed E-state index contributed by atoms with van der Waals surface area (Å²) in [6.45, 7) is 4.08. The molecule has 4 heteroatoms. The Morgan fingerprint density at radius 1 is 1.54 bits per heavy atom. The van der Waals surface area contributed by atoms with E-state index in [2.05, 4.69) is 10.1 Å². The van der Waals surface area contributed by atoms with Gasteiger partial charge in [0.15, 0.2) is 0 Å². The molecule has 1 N–H and O–H groups in total. The number of hydrogen-bond acceptors (Lipinski definition) is 2. The van der Waals surface area contributed by atoms with Crippen molar-refractivity contribution in [3.05, 3.63) is 34.4 Å². The van der Waals surface area contributed by atoms with Gasteiger partial charge in [0.2, 0.25) is 0 Å². The van der Waals surface area contributed by atoms with Crippen LogP contribution >= 0.6 is 0 Å². The van der Waals surface area contributed by atoms with E-state index in [4.69, 9.17) is 0 Å². The molecule has 68 valence electrons. The van der Waals surface area contributed by atoms with Crippen LogP contribution in [0, 0.1) is 0 Å². The molecule has 2 heterocycles. The predicted molar refractivity (Wildman–Crippen MR) is 49.9 cm³/mol. The Balaban J connectivity index is 2.85. The molecule has 0 bridgehead atoms. The molecular formula is C9H11N3O. The van der Waals surface area contributed by atoms with Crippen LogP contribution in [0.4, 0.5) is 0 Å². The van der Waals surface area contributed by atoms with Crippen molar-refractivity contribution in [2.24, 2.45) is 0 Å². The first-order valence-electron chi connectivity index (χ1n) is 4.25. The minimum absolute atomic E-state index is 0.0725. The van der Waals surface area contributed by atoms with Crippen molar-refractivity contribution in [1.29, 1.82) is 0 Å². The van der Waals surface area contributed by atoms with Gasteiger partial charge in [-0.1, -0.05) is 13.8 Å². The van der Waals surface area contributed by atoms with Crippen molar-refractivity contribution in [3.8, 4) is 0 Å². The molecule has 0 amide bonds. The maximum atomic E-state index is 11.2. The van der Waals surface area contributed by atoms with Gasteiger partial charge >= 0.3 is 0 Å². The van der Waals surface area contributed by atoms with Gasteiger partial charge < -0.3 is 4.98 Å². The van der Waals surface area contributed by atoms with Gasteiger partial charge in [0.25, 0.3) is 5.56 Å². The van der Waals surface area contributed by atoms with Crippen molar-refractivity contribution in [2.45, 2.75) is 19.8 Å². The molecule has 0 saturated heterocycles. The maximum absolute atomic E-state index is 11.2. The van der Waals surface area contributed by atoms with Crippen molar-refractivity contribution < 1.29 is 0 Å². The summed E-state index contributed by atoms with van der Waals surface area (Å²) >= 11 is 0. The first-order chi connectivity index (χ1) is 6.18. The van der Waals surface area contributed by atoms with Crippen LogP contribution in [-0.2, 0) is 0 Å². The summed E-state index contributed by atoms with van der Waals surface area (Å²) in [6.07, 6.45) is 1.68. The lowest BCUT2D eigenvalue weighted by molar-refractivity contribution is 0.745. The number of rotatable bonds is 1. The molecule has 0 saturated carbocycles. The lowest BCUT2D eigenvalue weighted by Gasteiger charge is -2.06. The second-order valence-electron chi connectivity index (χ2n) is 3.34. The zero-order chi connectivity index (χ0) is 9.42. The number of aromatic nitrogens is 3. The fourth-order valence-electron chi connectivity index (χ4n) is 1.37. The van der Waals surface area contributed by atoms with E-state index < -0.39 is 0 Å². The lowest BCUT2D eigenvalue weighted by atomic mass is 10.1. The Hall–Kier alpha value is -1.58. The molecule has 0 spiro atoms. The van der Waals surface area contributed by atoms with Crippen molar-refractivity contribution in [2.75, 3.05) is 0 Å². The normalized spacial score (nSPS) is 11.3. The molecule has 0 atom stereocenters.